The van der Waals surface area contributed by atoms with Gasteiger partial charge in [-0.2, -0.15) is 8.78 Å². The minimum Gasteiger partial charge on any atom is -0.479 e. The van der Waals surface area contributed by atoms with Crippen LogP contribution in [0.1, 0.15) is 27.8 Å². The number of nitrogens with zero attached hydrogens (tertiary/aromatic N) is 1. The molecule has 0 unspecified atom stereocenters. The summed E-state index contributed by atoms with van der Waals surface area (Å²) in [5, 5.41) is 6.24. The third-order valence-electron chi connectivity index (χ3n) is 3.59. The van der Waals surface area contributed by atoms with Gasteiger partial charge in [0.15, 0.2) is 28.9 Å². The summed E-state index contributed by atoms with van der Waals surface area (Å²) in [6.07, 6.45) is 0. The zero-order valence-electron chi connectivity index (χ0n) is 14.0. The van der Waals surface area contributed by atoms with E-state index in [-0.39, 0.29) is 17.6 Å². The smallest absolute Gasteiger partial charge is 0.291 e. The van der Waals surface area contributed by atoms with Gasteiger partial charge in [-0.3, -0.25) is 4.79 Å². The zero-order chi connectivity index (χ0) is 19.7. The molecule has 1 amide bonds. The van der Waals surface area contributed by atoms with Crippen molar-refractivity contribution in [2.75, 3.05) is 5.32 Å². The van der Waals surface area contributed by atoms with Crippen molar-refractivity contribution in [1.29, 1.82) is 0 Å². The fourth-order valence-corrected chi connectivity index (χ4v) is 2.24. The third-order valence-corrected chi connectivity index (χ3v) is 3.59. The zero-order valence-corrected chi connectivity index (χ0v) is 14.0. The van der Waals surface area contributed by atoms with Gasteiger partial charge in [0, 0.05) is 6.07 Å². The number of carbonyl (C=O) groups is 1. The van der Waals surface area contributed by atoms with Crippen molar-refractivity contribution < 1.29 is 36.0 Å². The molecule has 0 aliphatic heterocycles. The highest BCUT2D eigenvalue weighted by atomic mass is 19.2. The molecule has 0 saturated carbocycles. The first-order chi connectivity index (χ1) is 12.8. The van der Waals surface area contributed by atoms with Crippen molar-refractivity contribution in [1.82, 2.24) is 5.16 Å². The molecule has 0 bridgehead atoms. The Balaban J connectivity index is 1.71. The van der Waals surface area contributed by atoms with Crippen LogP contribution >= 0.6 is 0 Å². The van der Waals surface area contributed by atoms with E-state index in [1.165, 1.54) is 12.1 Å². The van der Waals surface area contributed by atoms with Crippen LogP contribution in [0.15, 0.2) is 27.1 Å². The van der Waals surface area contributed by atoms with Crippen LogP contribution in [0.25, 0.3) is 0 Å². The topological polar surface area (TPSA) is 77.5 Å². The van der Waals surface area contributed by atoms with E-state index in [1.807, 2.05) is 0 Å². The molecule has 2 aromatic heterocycles. The average molecular weight is 384 g/mol. The number of nitrogens with one attached hydrogen (secondary N) is 1. The SMILES string of the molecule is Cc1noc(C)c1NC(=O)c1ccc(COc2c(F)c(F)cc(F)c2F)o1. The fourth-order valence-electron chi connectivity index (χ4n) is 2.24. The monoisotopic (exact) mass is 384 g/mol. The number of benzene rings is 1. The lowest BCUT2D eigenvalue weighted by molar-refractivity contribution is 0.0992. The molecule has 27 heavy (non-hydrogen) atoms. The van der Waals surface area contributed by atoms with Gasteiger partial charge in [0.2, 0.25) is 11.6 Å². The molecule has 0 atom stereocenters. The minimum atomic E-state index is -1.67. The summed E-state index contributed by atoms with van der Waals surface area (Å²) in [6.45, 7) is 2.68. The standard InChI is InChI=1S/C17H12F4N2O4/c1-7-15(8(2)27-23-7)22-17(24)12-4-3-9(26-12)6-25-16-13(20)10(18)5-11(19)14(16)21/h3-5H,6H2,1-2H3,(H,22,24). The number of carbonyl (C=O) groups excluding carboxylic acids is 1. The molecule has 1 N–H and O–H groups in total. The Bertz CT molecular complexity index is 967. The van der Waals surface area contributed by atoms with Gasteiger partial charge < -0.3 is 19.0 Å². The summed E-state index contributed by atoms with van der Waals surface area (Å²) in [5.41, 5.74) is 0.851. The number of anilines is 1. The van der Waals surface area contributed by atoms with Crippen LogP contribution in [-0.4, -0.2) is 11.1 Å². The lowest BCUT2D eigenvalue weighted by Gasteiger charge is -2.08. The molecule has 1 aromatic carbocycles. The van der Waals surface area contributed by atoms with E-state index < -0.39 is 41.5 Å². The molecule has 0 radical (unpaired) electrons. The molecule has 0 aliphatic rings. The summed E-state index contributed by atoms with van der Waals surface area (Å²) >= 11 is 0. The predicted octanol–water partition coefficient (Wildman–Crippen LogP) is 4.27. The summed E-state index contributed by atoms with van der Waals surface area (Å²) < 4.78 is 68.3. The van der Waals surface area contributed by atoms with Gasteiger partial charge in [0.25, 0.3) is 5.91 Å². The van der Waals surface area contributed by atoms with E-state index in [1.54, 1.807) is 13.8 Å². The van der Waals surface area contributed by atoms with Crippen molar-refractivity contribution >= 4 is 11.6 Å². The van der Waals surface area contributed by atoms with Crippen LogP contribution in [0.2, 0.25) is 0 Å². The lowest BCUT2D eigenvalue weighted by Crippen LogP contribution is -2.12. The quantitative estimate of drug-likeness (QED) is 0.525. The van der Waals surface area contributed by atoms with E-state index in [0.717, 1.165) is 0 Å². The minimum absolute atomic E-state index is 0.00221. The first kappa shape index (κ1) is 18.5. The van der Waals surface area contributed by atoms with Gasteiger partial charge in [-0.25, -0.2) is 8.78 Å². The van der Waals surface area contributed by atoms with Crippen LogP contribution in [0.5, 0.6) is 5.75 Å². The summed E-state index contributed by atoms with van der Waals surface area (Å²) in [4.78, 5) is 12.2. The van der Waals surface area contributed by atoms with Gasteiger partial charge in [0.1, 0.15) is 23.7 Å². The Morgan fingerprint density at radius 3 is 2.41 bits per heavy atom. The van der Waals surface area contributed by atoms with E-state index in [0.29, 0.717) is 17.1 Å². The molecule has 2 heterocycles. The maximum atomic E-state index is 13.5. The van der Waals surface area contributed by atoms with E-state index in [4.69, 9.17) is 13.7 Å². The normalized spacial score (nSPS) is 10.9. The van der Waals surface area contributed by atoms with Gasteiger partial charge in [-0.15, -0.1) is 0 Å². The Kier molecular flexibility index (Phi) is 4.89. The second-order valence-electron chi connectivity index (χ2n) is 5.51. The number of hydrogen-bond acceptors (Lipinski definition) is 5. The molecular weight excluding hydrogens is 372 g/mol. The molecule has 142 valence electrons. The predicted molar refractivity (Wildman–Crippen MR) is 83.2 cm³/mol. The van der Waals surface area contributed by atoms with Gasteiger partial charge >= 0.3 is 0 Å². The highest BCUT2D eigenvalue weighted by molar-refractivity contribution is 6.02. The van der Waals surface area contributed by atoms with Crippen LogP contribution in [-0.2, 0) is 6.61 Å². The third kappa shape index (κ3) is 3.64. The molecule has 10 heteroatoms. The Labute approximate surface area is 149 Å². The number of ether oxygens (including phenoxy) is 1. The first-order valence-electron chi connectivity index (χ1n) is 7.56. The second-order valence-corrected chi connectivity index (χ2v) is 5.51. The van der Waals surface area contributed by atoms with Gasteiger partial charge in [-0.05, 0) is 26.0 Å². The molecule has 0 saturated heterocycles. The maximum Gasteiger partial charge on any atom is 0.291 e. The molecule has 0 aliphatic carbocycles. The molecule has 3 rings (SSSR count). The maximum absolute atomic E-state index is 13.5. The van der Waals surface area contributed by atoms with E-state index >= 15 is 0 Å². The van der Waals surface area contributed by atoms with Crippen LogP contribution in [0, 0.1) is 37.1 Å². The number of amides is 1. The molecular formula is C17H12F4N2O4. The fraction of sp³-hybridized carbons (Fsp3) is 0.176. The first-order valence-corrected chi connectivity index (χ1v) is 7.56. The number of aryl methyl sites for hydroxylation is 2. The van der Waals surface area contributed by atoms with Gasteiger partial charge in [0.05, 0.1) is 0 Å². The van der Waals surface area contributed by atoms with Crippen LogP contribution in [0.3, 0.4) is 0 Å². The van der Waals surface area contributed by atoms with Crippen molar-refractivity contribution in [2.24, 2.45) is 0 Å². The van der Waals surface area contributed by atoms with Crippen molar-refractivity contribution in [3.05, 3.63) is 64.4 Å². The number of aromatic nitrogens is 1. The largest absolute Gasteiger partial charge is 0.479 e. The summed E-state index contributed by atoms with van der Waals surface area (Å²) in [7, 11) is 0. The number of rotatable bonds is 5. The Morgan fingerprint density at radius 1 is 1.15 bits per heavy atom. The Morgan fingerprint density at radius 2 is 1.81 bits per heavy atom. The van der Waals surface area contributed by atoms with Crippen molar-refractivity contribution in [2.45, 2.75) is 20.5 Å². The van der Waals surface area contributed by atoms with Crippen LogP contribution < -0.4 is 10.1 Å². The van der Waals surface area contributed by atoms with E-state index in [9.17, 15) is 22.4 Å². The van der Waals surface area contributed by atoms with E-state index in [2.05, 4.69) is 10.5 Å². The average Bonchev–Trinajstić information content (AvgIpc) is 3.22. The molecule has 6 nitrogen and oxygen atoms in total. The molecule has 3 aromatic rings. The van der Waals surface area contributed by atoms with Crippen LogP contribution in [0.4, 0.5) is 23.2 Å². The molecule has 0 fully saturated rings. The number of furan rings is 1. The van der Waals surface area contributed by atoms with Crippen molar-refractivity contribution in [3.8, 4) is 5.75 Å². The number of hydrogen-bond donors (Lipinski definition) is 1. The highest BCUT2D eigenvalue weighted by Gasteiger charge is 2.22. The Hall–Kier alpha value is -3.30. The van der Waals surface area contributed by atoms with Crippen molar-refractivity contribution in [3.63, 3.8) is 0 Å². The summed E-state index contributed by atoms with van der Waals surface area (Å²) in [6, 6.07) is 2.68. The number of halogens is 4. The lowest BCUT2D eigenvalue weighted by atomic mass is 10.3. The highest BCUT2D eigenvalue weighted by Crippen LogP contribution is 2.27. The molecule has 0 spiro atoms. The van der Waals surface area contributed by atoms with Gasteiger partial charge in [-0.1, -0.05) is 5.16 Å². The summed E-state index contributed by atoms with van der Waals surface area (Å²) in [5.74, 6) is -8.09. The second kappa shape index (κ2) is 7.14.